The van der Waals surface area contributed by atoms with E-state index in [2.05, 4.69) is 15.1 Å². The van der Waals surface area contributed by atoms with Crippen LogP contribution in [-0.4, -0.2) is 85.9 Å². The largest absolute Gasteiger partial charge is 0.418 e. The summed E-state index contributed by atoms with van der Waals surface area (Å²) in [5, 5.41) is 3.76. The van der Waals surface area contributed by atoms with E-state index in [9.17, 15) is 18.0 Å². The molecule has 3 atom stereocenters. The van der Waals surface area contributed by atoms with Gasteiger partial charge in [-0.05, 0) is 25.8 Å². The lowest BCUT2D eigenvalue weighted by Crippen LogP contribution is -2.49. The van der Waals surface area contributed by atoms with Crippen molar-refractivity contribution < 1.29 is 36.4 Å². The highest BCUT2D eigenvalue weighted by molar-refractivity contribution is 7.80. The third-order valence-corrected chi connectivity index (χ3v) is 4.88. The fourth-order valence-corrected chi connectivity index (χ4v) is 3.71. The summed E-state index contributed by atoms with van der Waals surface area (Å²) in [6, 6.07) is -2.13. The Morgan fingerprint density at radius 1 is 1.31 bits per heavy atom. The Kier molecular flexibility index (Phi) is 5.94. The normalized spacial score (nSPS) is 28.7. The van der Waals surface area contributed by atoms with Gasteiger partial charge in [-0.3, -0.25) is 14.2 Å². The molecule has 3 heterocycles. The van der Waals surface area contributed by atoms with E-state index in [-0.39, 0.29) is 19.3 Å². The van der Waals surface area contributed by atoms with Crippen LogP contribution in [0.3, 0.4) is 0 Å². The second-order valence-electron chi connectivity index (χ2n) is 6.31. The first-order valence-corrected chi connectivity index (χ1v) is 9.72. The minimum absolute atomic E-state index is 0.129. The fraction of sp³-hybridized carbons (Fsp3) is 0.846. The highest BCUT2D eigenvalue weighted by Gasteiger charge is 2.49. The van der Waals surface area contributed by atoms with E-state index < -0.39 is 34.4 Å². The van der Waals surface area contributed by atoms with Crippen LogP contribution in [0.1, 0.15) is 19.3 Å². The Bertz CT molecular complexity index is 638. The van der Waals surface area contributed by atoms with Crippen LogP contribution in [-0.2, 0) is 29.1 Å². The van der Waals surface area contributed by atoms with Crippen LogP contribution in [0, 0.1) is 0 Å². The number of nitrogens with zero attached hydrogens (tertiary/aromatic N) is 2. The van der Waals surface area contributed by atoms with Gasteiger partial charge in [-0.25, -0.2) is 10.3 Å². The minimum Gasteiger partial charge on any atom is -0.374 e. The average Bonchev–Trinajstić information content (AvgIpc) is 3.17. The van der Waals surface area contributed by atoms with Crippen molar-refractivity contribution in [1.29, 1.82) is 0 Å². The van der Waals surface area contributed by atoms with E-state index in [1.165, 1.54) is 4.90 Å². The standard InChI is InChI=1S/C13H22N4O8S/c18-12(15-24-6-5-23-10-3-4-14-7-10)11-2-1-9-8-16(11)13(19)17(9)25-26(20,21)22/h9-11,14H,1-8H2,(H,15,18)(H,20,21,22)/t9-,10?,11+/m1/s1. The van der Waals surface area contributed by atoms with Gasteiger partial charge < -0.3 is 15.0 Å². The van der Waals surface area contributed by atoms with Crippen LogP contribution in [0.5, 0.6) is 0 Å². The molecule has 0 aromatic rings. The van der Waals surface area contributed by atoms with Crippen LogP contribution in [0.15, 0.2) is 0 Å². The van der Waals surface area contributed by atoms with Crippen molar-refractivity contribution in [2.24, 2.45) is 0 Å². The molecule has 2 bridgehead atoms. The highest BCUT2D eigenvalue weighted by Crippen LogP contribution is 2.30. The van der Waals surface area contributed by atoms with Gasteiger partial charge in [0.25, 0.3) is 5.91 Å². The molecule has 26 heavy (non-hydrogen) atoms. The number of amides is 3. The molecule has 3 amide bonds. The van der Waals surface area contributed by atoms with Crippen molar-refractivity contribution in [2.45, 2.75) is 37.5 Å². The second kappa shape index (κ2) is 8.02. The smallest absolute Gasteiger partial charge is 0.374 e. The molecule has 0 radical (unpaired) electrons. The summed E-state index contributed by atoms with van der Waals surface area (Å²) < 4.78 is 40.3. The zero-order valence-corrected chi connectivity index (χ0v) is 14.8. The summed E-state index contributed by atoms with van der Waals surface area (Å²) in [6.07, 6.45) is 1.77. The molecule has 1 unspecified atom stereocenters. The summed E-state index contributed by atoms with van der Waals surface area (Å²) in [6.45, 7) is 2.35. The molecule has 0 spiro atoms. The van der Waals surface area contributed by atoms with E-state index in [1.54, 1.807) is 0 Å². The van der Waals surface area contributed by atoms with Gasteiger partial charge in [0.1, 0.15) is 6.04 Å². The maximum Gasteiger partial charge on any atom is 0.418 e. The molecule has 3 fully saturated rings. The molecule has 3 aliphatic rings. The molecule has 0 aliphatic carbocycles. The monoisotopic (exact) mass is 394 g/mol. The van der Waals surface area contributed by atoms with Gasteiger partial charge in [0.05, 0.1) is 25.4 Å². The Hall–Kier alpha value is -1.51. The van der Waals surface area contributed by atoms with Crippen LogP contribution >= 0.6 is 0 Å². The molecule has 12 nitrogen and oxygen atoms in total. The van der Waals surface area contributed by atoms with E-state index in [0.29, 0.717) is 24.5 Å². The summed E-state index contributed by atoms with van der Waals surface area (Å²) >= 11 is 0. The van der Waals surface area contributed by atoms with Gasteiger partial charge in [0.15, 0.2) is 0 Å². The number of urea groups is 1. The Balaban J connectivity index is 1.43. The topological polar surface area (TPSA) is 147 Å². The minimum atomic E-state index is -4.81. The predicted octanol–water partition coefficient (Wildman–Crippen LogP) is -1.58. The maximum absolute atomic E-state index is 12.2. The van der Waals surface area contributed by atoms with E-state index >= 15 is 0 Å². The van der Waals surface area contributed by atoms with Gasteiger partial charge in [-0.1, -0.05) is 0 Å². The summed E-state index contributed by atoms with van der Waals surface area (Å²) in [5.74, 6) is -0.506. The van der Waals surface area contributed by atoms with Crippen LogP contribution in [0.2, 0.25) is 0 Å². The van der Waals surface area contributed by atoms with Gasteiger partial charge in [0, 0.05) is 13.1 Å². The first-order chi connectivity index (χ1) is 12.3. The van der Waals surface area contributed by atoms with Crippen LogP contribution < -0.4 is 10.8 Å². The number of ether oxygens (including phenoxy) is 1. The number of hydrogen-bond acceptors (Lipinski definition) is 8. The number of fused-ring (bicyclic) bond motifs is 2. The van der Waals surface area contributed by atoms with Crippen molar-refractivity contribution in [2.75, 3.05) is 32.8 Å². The highest BCUT2D eigenvalue weighted by atomic mass is 32.3. The van der Waals surface area contributed by atoms with Crippen molar-refractivity contribution in [3.63, 3.8) is 0 Å². The maximum atomic E-state index is 12.2. The lowest BCUT2D eigenvalue weighted by atomic mass is 10.0. The van der Waals surface area contributed by atoms with Crippen molar-refractivity contribution in [1.82, 2.24) is 20.8 Å². The summed E-state index contributed by atoms with van der Waals surface area (Å²) in [7, 11) is -4.81. The molecule has 3 rings (SSSR count). The fourth-order valence-electron chi connectivity index (χ4n) is 3.32. The second-order valence-corrected chi connectivity index (χ2v) is 7.31. The molecular formula is C13H22N4O8S. The van der Waals surface area contributed by atoms with E-state index in [0.717, 1.165) is 19.5 Å². The zero-order valence-electron chi connectivity index (χ0n) is 14.0. The van der Waals surface area contributed by atoms with Gasteiger partial charge in [0.2, 0.25) is 0 Å². The van der Waals surface area contributed by atoms with Crippen LogP contribution in [0.4, 0.5) is 4.79 Å². The predicted molar refractivity (Wildman–Crippen MR) is 84.7 cm³/mol. The van der Waals surface area contributed by atoms with Gasteiger partial charge in [-0.2, -0.15) is 13.5 Å². The first kappa shape index (κ1) is 19.3. The number of carbonyl (C=O) groups excluding carboxylic acids is 2. The summed E-state index contributed by atoms with van der Waals surface area (Å²) in [5.41, 5.74) is 2.29. The molecule has 0 aromatic heterocycles. The van der Waals surface area contributed by atoms with Crippen molar-refractivity contribution in [3.05, 3.63) is 0 Å². The number of piperidine rings is 1. The van der Waals surface area contributed by atoms with Gasteiger partial charge >= 0.3 is 16.4 Å². The van der Waals surface area contributed by atoms with Gasteiger partial charge in [-0.15, -0.1) is 4.28 Å². The Morgan fingerprint density at radius 3 is 2.81 bits per heavy atom. The number of hydroxylamine groups is 3. The SMILES string of the molecule is O=C(NOCCOC1CCNC1)[C@@H]1CC[C@@H]2CN1C(=O)N2OS(=O)(=O)O. The number of rotatable bonds is 8. The molecule has 3 saturated heterocycles. The van der Waals surface area contributed by atoms with E-state index in [4.69, 9.17) is 14.1 Å². The molecule has 0 aromatic carbocycles. The quantitative estimate of drug-likeness (QED) is 0.252. The van der Waals surface area contributed by atoms with Crippen molar-refractivity contribution in [3.8, 4) is 0 Å². The lowest BCUT2D eigenvalue weighted by Gasteiger charge is -2.28. The molecule has 148 valence electrons. The van der Waals surface area contributed by atoms with Crippen LogP contribution in [0.25, 0.3) is 0 Å². The molecule has 3 N–H and O–H groups in total. The lowest BCUT2D eigenvalue weighted by molar-refractivity contribution is -0.140. The Morgan fingerprint density at radius 2 is 2.12 bits per heavy atom. The number of nitrogens with one attached hydrogen (secondary N) is 2. The molecule has 0 saturated carbocycles. The molecular weight excluding hydrogens is 372 g/mol. The number of carbonyl (C=O) groups is 2. The first-order valence-electron chi connectivity index (χ1n) is 8.36. The Labute approximate surface area is 150 Å². The van der Waals surface area contributed by atoms with Crippen molar-refractivity contribution >= 4 is 22.3 Å². The van der Waals surface area contributed by atoms with E-state index in [1.807, 2.05) is 0 Å². The third kappa shape index (κ3) is 4.61. The summed E-state index contributed by atoms with van der Waals surface area (Å²) in [4.78, 5) is 30.7. The zero-order chi connectivity index (χ0) is 18.7. The third-order valence-electron chi connectivity index (χ3n) is 4.53. The molecule has 3 aliphatic heterocycles. The number of hydrogen-bond donors (Lipinski definition) is 3. The molecule has 13 heteroatoms. The average molecular weight is 394 g/mol.